The summed E-state index contributed by atoms with van der Waals surface area (Å²) in [7, 11) is 2.03. The van der Waals surface area contributed by atoms with Gasteiger partial charge in [0.1, 0.15) is 11.5 Å². The van der Waals surface area contributed by atoms with E-state index in [1.165, 1.54) is 17.2 Å². The highest BCUT2D eigenvalue weighted by Gasteiger charge is 2.17. The Balaban J connectivity index is 0. The van der Waals surface area contributed by atoms with Crippen LogP contribution in [0.15, 0.2) is 42.5 Å². The first-order valence-corrected chi connectivity index (χ1v) is 13.2. The molecule has 0 amide bonds. The van der Waals surface area contributed by atoms with Crippen molar-refractivity contribution in [3.05, 3.63) is 42.5 Å². The number of fused-ring (bicyclic) bond motifs is 1. The lowest BCUT2D eigenvalue weighted by Crippen LogP contribution is -2.37. The van der Waals surface area contributed by atoms with Crippen LogP contribution in [0.5, 0.6) is 5.75 Å². The van der Waals surface area contributed by atoms with Crippen LogP contribution in [0.4, 0.5) is 0 Å². The van der Waals surface area contributed by atoms with E-state index in [2.05, 4.69) is 74.0 Å². The van der Waals surface area contributed by atoms with Gasteiger partial charge in [-0.05, 0) is 81.6 Å². The van der Waals surface area contributed by atoms with Crippen molar-refractivity contribution in [2.75, 3.05) is 26.7 Å². The molecule has 0 saturated carbocycles. The van der Waals surface area contributed by atoms with E-state index in [-0.39, 0.29) is 11.8 Å². The van der Waals surface area contributed by atoms with Gasteiger partial charge < -0.3 is 15.7 Å². The maximum atomic E-state index is 11.4. The van der Waals surface area contributed by atoms with Gasteiger partial charge in [-0.3, -0.25) is 9.69 Å². The SMILES string of the molecule is CC.CCC(C)CCOc1ccc2ccccc2c1.CCCN(C)C(CCCCN)C(C)=O.NO. The predicted molar refractivity (Wildman–Crippen MR) is 151 cm³/mol. The number of nitrogens with two attached hydrogens (primary N) is 2. The van der Waals surface area contributed by atoms with Gasteiger partial charge in [-0.1, -0.05) is 77.8 Å². The van der Waals surface area contributed by atoms with Gasteiger partial charge in [-0.2, -0.15) is 0 Å². The Morgan fingerprint density at radius 2 is 1.66 bits per heavy atom. The van der Waals surface area contributed by atoms with Gasteiger partial charge in [0.2, 0.25) is 0 Å². The molecule has 0 aliphatic carbocycles. The van der Waals surface area contributed by atoms with Crippen LogP contribution in [0.25, 0.3) is 10.8 Å². The van der Waals surface area contributed by atoms with E-state index in [4.69, 9.17) is 15.7 Å². The fourth-order valence-corrected chi connectivity index (χ4v) is 3.56. The maximum Gasteiger partial charge on any atom is 0.146 e. The number of hydrogen-bond donors (Lipinski definition) is 3. The summed E-state index contributed by atoms with van der Waals surface area (Å²) in [5.74, 6) is 5.50. The molecule has 2 unspecified atom stereocenters. The van der Waals surface area contributed by atoms with Crippen molar-refractivity contribution < 1.29 is 14.7 Å². The van der Waals surface area contributed by atoms with Crippen LogP contribution in [0.3, 0.4) is 0 Å². The zero-order valence-corrected chi connectivity index (χ0v) is 23.4. The van der Waals surface area contributed by atoms with Gasteiger partial charge in [0.15, 0.2) is 0 Å². The first-order chi connectivity index (χ1) is 16.9. The largest absolute Gasteiger partial charge is 0.494 e. The summed E-state index contributed by atoms with van der Waals surface area (Å²) in [6.45, 7) is 14.8. The monoisotopic (exact) mass is 491 g/mol. The molecular weight excluding hydrogens is 438 g/mol. The number of carbonyl (C=O) groups excluding carboxylic acids is 1. The highest BCUT2D eigenvalue weighted by Crippen LogP contribution is 2.21. The Bertz CT molecular complexity index is 755. The molecule has 0 aliphatic heterocycles. The van der Waals surface area contributed by atoms with Gasteiger partial charge in [0, 0.05) is 0 Å². The fourth-order valence-electron chi connectivity index (χ4n) is 3.56. The number of benzene rings is 2. The quantitative estimate of drug-likeness (QED) is 0.220. The van der Waals surface area contributed by atoms with Gasteiger partial charge >= 0.3 is 0 Å². The summed E-state index contributed by atoms with van der Waals surface area (Å²) in [4.78, 5) is 13.5. The molecule has 2 aromatic carbocycles. The van der Waals surface area contributed by atoms with E-state index in [0.717, 1.165) is 63.5 Å². The van der Waals surface area contributed by atoms with E-state index < -0.39 is 0 Å². The standard InChI is InChI=1S/C16H20O.C11H24N2O.C2H6.H3NO/c1-3-13(2)10-11-17-16-9-8-14-6-4-5-7-15(14)12-16;1-4-9-13(3)11(10(2)14)7-5-6-8-12;2*1-2/h4-9,12-13H,3,10-11H2,1-2H3;11H,4-9,12H2,1-3H3;1-2H3;2H,1H2. The van der Waals surface area contributed by atoms with Crippen LogP contribution in [0, 0.1) is 5.92 Å². The van der Waals surface area contributed by atoms with Crippen LogP contribution >= 0.6 is 0 Å². The van der Waals surface area contributed by atoms with E-state index in [1.54, 1.807) is 6.92 Å². The second-order valence-corrected chi connectivity index (χ2v) is 8.55. The minimum absolute atomic E-state index is 0.0986. The molecular formula is C29H53N3O3. The molecule has 0 aromatic heterocycles. The average molecular weight is 492 g/mol. The lowest BCUT2D eigenvalue weighted by atomic mass is 10.0. The molecule has 0 radical (unpaired) electrons. The summed E-state index contributed by atoms with van der Waals surface area (Å²) in [6, 6.07) is 14.8. The second-order valence-electron chi connectivity index (χ2n) is 8.55. The number of Topliss-reactive ketones (excluding diaryl/α,β-unsaturated/α-hetero) is 1. The van der Waals surface area contributed by atoms with Crippen LogP contribution in [0.2, 0.25) is 0 Å². The topological polar surface area (TPSA) is 102 Å². The first-order valence-electron chi connectivity index (χ1n) is 13.2. The predicted octanol–water partition coefficient (Wildman–Crippen LogP) is 6.43. The number of nitrogens with zero attached hydrogens (tertiary/aromatic N) is 1. The van der Waals surface area contributed by atoms with Crippen molar-refractivity contribution >= 4 is 16.6 Å². The molecule has 2 rings (SSSR count). The molecule has 2 aromatic rings. The number of carbonyl (C=O) groups is 1. The molecule has 5 N–H and O–H groups in total. The van der Waals surface area contributed by atoms with Gasteiger partial charge in [-0.25, -0.2) is 5.90 Å². The maximum absolute atomic E-state index is 11.4. The lowest BCUT2D eigenvalue weighted by molar-refractivity contribution is -0.122. The lowest BCUT2D eigenvalue weighted by Gasteiger charge is -2.25. The fraction of sp³-hybridized carbons (Fsp3) is 0.621. The second kappa shape index (κ2) is 23.7. The van der Waals surface area contributed by atoms with Crippen LogP contribution in [0.1, 0.15) is 80.1 Å². The molecule has 202 valence electrons. The summed E-state index contributed by atoms with van der Waals surface area (Å²) in [5.41, 5.74) is 5.43. The molecule has 0 heterocycles. The van der Waals surface area contributed by atoms with E-state index in [9.17, 15) is 4.79 Å². The Kier molecular flexibility index (Phi) is 23.9. The van der Waals surface area contributed by atoms with Crippen molar-refractivity contribution in [3.8, 4) is 5.75 Å². The summed E-state index contributed by atoms with van der Waals surface area (Å²) < 4.78 is 5.79. The zero-order valence-electron chi connectivity index (χ0n) is 23.4. The molecule has 0 aliphatic rings. The van der Waals surface area contributed by atoms with Gasteiger partial charge in [0.05, 0.1) is 12.6 Å². The Hall–Kier alpha value is -1.99. The minimum Gasteiger partial charge on any atom is -0.494 e. The van der Waals surface area contributed by atoms with E-state index >= 15 is 0 Å². The van der Waals surface area contributed by atoms with Crippen molar-refractivity contribution in [2.24, 2.45) is 17.5 Å². The minimum atomic E-state index is 0.0986. The summed E-state index contributed by atoms with van der Waals surface area (Å²) >= 11 is 0. The molecule has 0 bridgehead atoms. The van der Waals surface area contributed by atoms with E-state index in [1.807, 2.05) is 20.9 Å². The Morgan fingerprint density at radius 1 is 1.03 bits per heavy atom. The molecule has 0 spiro atoms. The summed E-state index contributed by atoms with van der Waals surface area (Å²) in [5, 5.41) is 9.01. The number of unbranched alkanes of at least 4 members (excludes halogenated alkanes) is 1. The molecule has 2 atom stereocenters. The smallest absolute Gasteiger partial charge is 0.146 e. The van der Waals surface area contributed by atoms with Crippen molar-refractivity contribution in [1.82, 2.24) is 4.90 Å². The van der Waals surface area contributed by atoms with Crippen LogP contribution in [-0.2, 0) is 4.79 Å². The van der Waals surface area contributed by atoms with Crippen LogP contribution in [-0.4, -0.2) is 48.7 Å². The van der Waals surface area contributed by atoms with Crippen molar-refractivity contribution in [3.63, 3.8) is 0 Å². The van der Waals surface area contributed by atoms with E-state index in [0.29, 0.717) is 0 Å². The third-order valence-electron chi connectivity index (χ3n) is 5.81. The van der Waals surface area contributed by atoms with Gasteiger partial charge in [-0.15, -0.1) is 0 Å². The van der Waals surface area contributed by atoms with Crippen LogP contribution < -0.4 is 16.4 Å². The number of rotatable bonds is 13. The highest BCUT2D eigenvalue weighted by molar-refractivity contribution is 5.83. The molecule has 0 fully saturated rings. The average Bonchev–Trinajstić information content (AvgIpc) is 2.89. The number of ether oxygens (including phenoxy) is 1. The summed E-state index contributed by atoms with van der Waals surface area (Å²) in [6.07, 6.45) is 6.46. The normalized spacial score (nSPS) is 11.7. The Labute approximate surface area is 215 Å². The third-order valence-corrected chi connectivity index (χ3v) is 5.81. The zero-order chi connectivity index (χ0) is 27.1. The first kappa shape index (κ1) is 35.2. The van der Waals surface area contributed by atoms with Crippen molar-refractivity contribution in [1.29, 1.82) is 0 Å². The van der Waals surface area contributed by atoms with Gasteiger partial charge in [0.25, 0.3) is 0 Å². The molecule has 6 heteroatoms. The number of hydrogen-bond acceptors (Lipinski definition) is 6. The molecule has 0 saturated heterocycles. The third kappa shape index (κ3) is 16.3. The highest BCUT2D eigenvalue weighted by atomic mass is 16.5. The molecule has 35 heavy (non-hydrogen) atoms. The number of likely N-dealkylation sites (N-methyl/N-ethyl adjacent to an activating group) is 1. The van der Waals surface area contributed by atoms with Crippen molar-refractivity contribution in [2.45, 2.75) is 86.1 Å². The number of ketones is 1. The molecule has 6 nitrogen and oxygen atoms in total. The Morgan fingerprint density at radius 3 is 2.20 bits per heavy atom.